The van der Waals surface area contributed by atoms with Gasteiger partial charge >= 0.3 is 0 Å². The molecule has 0 bridgehead atoms. The van der Waals surface area contributed by atoms with Gasteiger partial charge in [0.2, 0.25) is 5.91 Å². The fourth-order valence-electron chi connectivity index (χ4n) is 3.31. The van der Waals surface area contributed by atoms with Crippen LogP contribution < -0.4 is 10.6 Å². The Hall–Kier alpha value is -1.69. The van der Waals surface area contributed by atoms with Crippen LogP contribution in [0, 0.1) is 0 Å². The number of hydrogen-bond donors (Lipinski definition) is 1. The van der Waals surface area contributed by atoms with Gasteiger partial charge in [-0.1, -0.05) is 12.8 Å². The van der Waals surface area contributed by atoms with Crippen LogP contribution in [0.25, 0.3) is 0 Å². The first kappa shape index (κ1) is 14.3. The first-order chi connectivity index (χ1) is 10.2. The van der Waals surface area contributed by atoms with Crippen molar-refractivity contribution in [1.82, 2.24) is 14.9 Å². The number of carbonyl (C=O) groups is 1. The van der Waals surface area contributed by atoms with Gasteiger partial charge in [-0.2, -0.15) is 0 Å². The maximum atomic E-state index is 12.4. The molecule has 1 aliphatic carbocycles. The lowest BCUT2D eigenvalue weighted by molar-refractivity contribution is -0.132. The summed E-state index contributed by atoms with van der Waals surface area (Å²) in [5.74, 6) is 1.09. The molecule has 1 saturated carbocycles. The minimum atomic E-state index is -0.251. The van der Waals surface area contributed by atoms with Crippen LogP contribution >= 0.6 is 0 Å². The summed E-state index contributed by atoms with van der Waals surface area (Å²) in [5, 5.41) is 0. The van der Waals surface area contributed by atoms with Crippen LogP contribution in [-0.4, -0.2) is 52.5 Å². The van der Waals surface area contributed by atoms with Gasteiger partial charge in [0.1, 0.15) is 5.82 Å². The van der Waals surface area contributed by atoms with E-state index in [1.165, 1.54) is 0 Å². The summed E-state index contributed by atoms with van der Waals surface area (Å²) in [4.78, 5) is 24.9. The quantitative estimate of drug-likeness (QED) is 0.890. The number of rotatable bonds is 3. The molecule has 1 amide bonds. The molecule has 2 fully saturated rings. The van der Waals surface area contributed by atoms with Crippen molar-refractivity contribution < 1.29 is 4.79 Å². The van der Waals surface area contributed by atoms with Gasteiger partial charge in [-0.25, -0.2) is 4.98 Å². The van der Waals surface area contributed by atoms with Gasteiger partial charge < -0.3 is 15.5 Å². The first-order valence-electron chi connectivity index (χ1n) is 7.74. The van der Waals surface area contributed by atoms with E-state index in [2.05, 4.69) is 14.9 Å². The molecule has 1 aromatic rings. The zero-order valence-electron chi connectivity index (χ0n) is 12.4. The van der Waals surface area contributed by atoms with E-state index in [0.717, 1.165) is 57.7 Å². The van der Waals surface area contributed by atoms with E-state index in [1.54, 1.807) is 18.6 Å². The Morgan fingerprint density at radius 1 is 1.19 bits per heavy atom. The van der Waals surface area contributed by atoms with Gasteiger partial charge in [0.25, 0.3) is 0 Å². The Morgan fingerprint density at radius 3 is 2.52 bits per heavy atom. The summed E-state index contributed by atoms with van der Waals surface area (Å²) in [6.07, 6.45) is 9.92. The van der Waals surface area contributed by atoms with Crippen molar-refractivity contribution in [2.75, 3.05) is 31.1 Å². The summed E-state index contributed by atoms with van der Waals surface area (Å²) in [6, 6.07) is 0. The van der Waals surface area contributed by atoms with Gasteiger partial charge in [-0.15, -0.1) is 0 Å². The van der Waals surface area contributed by atoms with Crippen molar-refractivity contribution >= 4 is 11.7 Å². The molecule has 21 heavy (non-hydrogen) atoms. The molecular formula is C15H23N5O. The average molecular weight is 289 g/mol. The highest BCUT2D eigenvalue weighted by Gasteiger charge is 2.34. The summed E-state index contributed by atoms with van der Waals surface area (Å²) >= 11 is 0. The lowest BCUT2D eigenvalue weighted by Crippen LogP contribution is -2.51. The van der Waals surface area contributed by atoms with Crippen LogP contribution in [0.4, 0.5) is 5.82 Å². The third-order valence-corrected chi connectivity index (χ3v) is 4.61. The largest absolute Gasteiger partial charge is 0.352 e. The van der Waals surface area contributed by atoms with Gasteiger partial charge in [0, 0.05) is 50.5 Å². The molecule has 6 heteroatoms. The SMILES string of the molecule is NC1(CC(=O)N2CCN(c3cnccn3)CC2)CCCC1. The van der Waals surface area contributed by atoms with Crippen molar-refractivity contribution in [3.05, 3.63) is 18.6 Å². The van der Waals surface area contributed by atoms with E-state index in [4.69, 9.17) is 5.73 Å². The lowest BCUT2D eigenvalue weighted by atomic mass is 9.94. The molecular weight excluding hydrogens is 266 g/mol. The maximum Gasteiger partial charge on any atom is 0.224 e. The first-order valence-corrected chi connectivity index (χ1v) is 7.74. The second-order valence-corrected chi connectivity index (χ2v) is 6.18. The number of carbonyl (C=O) groups excluding carboxylic acids is 1. The Morgan fingerprint density at radius 2 is 1.90 bits per heavy atom. The monoisotopic (exact) mass is 289 g/mol. The van der Waals surface area contributed by atoms with Gasteiger partial charge in [0.15, 0.2) is 0 Å². The third-order valence-electron chi connectivity index (χ3n) is 4.61. The topological polar surface area (TPSA) is 75.4 Å². The van der Waals surface area contributed by atoms with Crippen LogP contribution in [0.5, 0.6) is 0 Å². The van der Waals surface area contributed by atoms with E-state index < -0.39 is 0 Å². The second kappa shape index (κ2) is 5.97. The predicted molar refractivity (Wildman–Crippen MR) is 80.8 cm³/mol. The molecule has 0 atom stereocenters. The van der Waals surface area contributed by atoms with Crippen LogP contribution in [0.15, 0.2) is 18.6 Å². The van der Waals surface area contributed by atoms with Crippen molar-refractivity contribution in [3.63, 3.8) is 0 Å². The van der Waals surface area contributed by atoms with Gasteiger partial charge in [-0.3, -0.25) is 9.78 Å². The highest BCUT2D eigenvalue weighted by Crippen LogP contribution is 2.30. The Bertz CT molecular complexity index is 478. The lowest BCUT2D eigenvalue weighted by Gasteiger charge is -2.36. The number of nitrogens with zero attached hydrogens (tertiary/aromatic N) is 4. The molecule has 0 unspecified atom stereocenters. The van der Waals surface area contributed by atoms with Crippen LogP contribution in [-0.2, 0) is 4.79 Å². The number of piperazine rings is 1. The molecule has 0 spiro atoms. The van der Waals surface area contributed by atoms with Crippen LogP contribution in [0.1, 0.15) is 32.1 Å². The van der Waals surface area contributed by atoms with E-state index in [0.29, 0.717) is 6.42 Å². The number of aromatic nitrogens is 2. The van der Waals surface area contributed by atoms with Crippen molar-refractivity contribution in [3.8, 4) is 0 Å². The highest BCUT2D eigenvalue weighted by molar-refractivity contribution is 5.77. The summed E-state index contributed by atoms with van der Waals surface area (Å²) < 4.78 is 0. The van der Waals surface area contributed by atoms with Crippen molar-refractivity contribution in [2.24, 2.45) is 5.73 Å². The minimum Gasteiger partial charge on any atom is -0.352 e. The van der Waals surface area contributed by atoms with Gasteiger partial charge in [0.05, 0.1) is 6.20 Å². The smallest absolute Gasteiger partial charge is 0.224 e. The second-order valence-electron chi connectivity index (χ2n) is 6.18. The molecule has 2 heterocycles. The number of amides is 1. The fraction of sp³-hybridized carbons (Fsp3) is 0.667. The van der Waals surface area contributed by atoms with E-state index in [1.807, 2.05) is 4.90 Å². The predicted octanol–water partition coefficient (Wildman–Crippen LogP) is 0.787. The number of hydrogen-bond acceptors (Lipinski definition) is 5. The van der Waals surface area contributed by atoms with Crippen molar-refractivity contribution in [1.29, 1.82) is 0 Å². The molecule has 0 radical (unpaired) electrons. The van der Waals surface area contributed by atoms with Crippen LogP contribution in [0.2, 0.25) is 0 Å². The average Bonchev–Trinajstić information content (AvgIpc) is 2.94. The Balaban J connectivity index is 1.52. The zero-order chi connectivity index (χ0) is 14.7. The number of anilines is 1. The molecule has 3 rings (SSSR count). The molecule has 6 nitrogen and oxygen atoms in total. The third kappa shape index (κ3) is 3.32. The summed E-state index contributed by atoms with van der Waals surface area (Å²) in [7, 11) is 0. The maximum absolute atomic E-state index is 12.4. The normalized spacial score (nSPS) is 21.6. The summed E-state index contributed by atoms with van der Waals surface area (Å²) in [6.45, 7) is 3.10. The van der Waals surface area contributed by atoms with Gasteiger partial charge in [-0.05, 0) is 12.8 Å². The van der Waals surface area contributed by atoms with Crippen molar-refractivity contribution in [2.45, 2.75) is 37.6 Å². The Kier molecular flexibility index (Phi) is 4.05. The highest BCUT2D eigenvalue weighted by atomic mass is 16.2. The zero-order valence-corrected chi connectivity index (χ0v) is 12.4. The molecule has 114 valence electrons. The molecule has 1 aromatic heterocycles. The van der Waals surface area contributed by atoms with E-state index in [-0.39, 0.29) is 11.4 Å². The standard InChI is InChI=1S/C15H23N5O/c16-15(3-1-2-4-15)11-14(21)20-9-7-19(8-10-20)13-12-17-5-6-18-13/h5-6,12H,1-4,7-11,16H2. The molecule has 0 aromatic carbocycles. The molecule has 2 N–H and O–H groups in total. The van der Waals surface area contributed by atoms with E-state index >= 15 is 0 Å². The van der Waals surface area contributed by atoms with Crippen LogP contribution in [0.3, 0.4) is 0 Å². The Labute approximate surface area is 125 Å². The molecule has 2 aliphatic rings. The molecule has 1 saturated heterocycles. The molecule has 1 aliphatic heterocycles. The summed E-state index contributed by atoms with van der Waals surface area (Å²) in [5.41, 5.74) is 6.06. The fourth-order valence-corrected chi connectivity index (χ4v) is 3.31. The minimum absolute atomic E-state index is 0.207. The number of nitrogens with two attached hydrogens (primary N) is 1. The van der Waals surface area contributed by atoms with E-state index in [9.17, 15) is 4.79 Å².